The van der Waals surface area contributed by atoms with Crippen LogP contribution < -0.4 is 0 Å². The van der Waals surface area contributed by atoms with Crippen LogP contribution in [-0.2, 0) is 0 Å². The predicted molar refractivity (Wildman–Crippen MR) is 64.4 cm³/mol. The van der Waals surface area contributed by atoms with E-state index in [1.54, 1.807) is 17.9 Å². The van der Waals surface area contributed by atoms with Crippen LogP contribution in [0.2, 0.25) is 0 Å². The van der Waals surface area contributed by atoms with Gasteiger partial charge in [-0.25, -0.2) is 4.39 Å². The van der Waals surface area contributed by atoms with Crippen molar-refractivity contribution in [2.24, 2.45) is 0 Å². The van der Waals surface area contributed by atoms with E-state index in [1.807, 2.05) is 6.92 Å². The van der Waals surface area contributed by atoms with E-state index in [1.165, 1.54) is 12.1 Å². The zero-order valence-corrected chi connectivity index (χ0v) is 10.2. The van der Waals surface area contributed by atoms with Crippen molar-refractivity contribution in [3.8, 4) is 0 Å². The topological polar surface area (TPSA) is 40.5 Å². The molecule has 0 fully saturated rings. The summed E-state index contributed by atoms with van der Waals surface area (Å²) >= 11 is 0. The number of amides is 1. The molecule has 0 spiro atoms. The van der Waals surface area contributed by atoms with Crippen molar-refractivity contribution in [1.29, 1.82) is 0 Å². The number of hydrogen-bond acceptors (Lipinski definition) is 2. The number of benzene rings is 1. The van der Waals surface area contributed by atoms with Gasteiger partial charge in [-0.05, 0) is 38.0 Å². The highest BCUT2D eigenvalue weighted by Crippen LogP contribution is 2.13. The second-order valence-electron chi connectivity index (χ2n) is 3.92. The number of halogens is 1. The second-order valence-corrected chi connectivity index (χ2v) is 3.92. The molecule has 0 aliphatic heterocycles. The predicted octanol–water partition coefficient (Wildman–Crippen LogP) is 1.98. The lowest BCUT2D eigenvalue weighted by Crippen LogP contribution is -2.32. The van der Waals surface area contributed by atoms with Crippen molar-refractivity contribution in [3.63, 3.8) is 0 Å². The van der Waals surface area contributed by atoms with Gasteiger partial charge >= 0.3 is 0 Å². The lowest BCUT2D eigenvalue weighted by Gasteiger charge is -2.21. The van der Waals surface area contributed by atoms with Crippen molar-refractivity contribution < 1.29 is 14.3 Å². The molecule has 0 aliphatic rings. The average Bonchev–Trinajstić information content (AvgIpc) is 2.33. The fourth-order valence-corrected chi connectivity index (χ4v) is 1.66. The van der Waals surface area contributed by atoms with Gasteiger partial charge in [0, 0.05) is 25.3 Å². The van der Waals surface area contributed by atoms with Gasteiger partial charge in [0.15, 0.2) is 0 Å². The normalized spacial score (nSPS) is 10.4. The Morgan fingerprint density at radius 1 is 1.47 bits per heavy atom. The summed E-state index contributed by atoms with van der Waals surface area (Å²) in [5, 5.41) is 8.76. The number of carbonyl (C=O) groups is 1. The van der Waals surface area contributed by atoms with E-state index in [9.17, 15) is 9.18 Å². The minimum atomic E-state index is -0.405. The summed E-state index contributed by atoms with van der Waals surface area (Å²) in [4.78, 5) is 13.7. The molecule has 0 unspecified atom stereocenters. The number of aryl methyl sites for hydroxylation is 1. The molecule has 0 bridgehead atoms. The van der Waals surface area contributed by atoms with E-state index < -0.39 is 5.82 Å². The van der Waals surface area contributed by atoms with Gasteiger partial charge in [0.1, 0.15) is 5.82 Å². The first-order valence-electron chi connectivity index (χ1n) is 5.76. The summed E-state index contributed by atoms with van der Waals surface area (Å²) in [5.74, 6) is -0.588. The van der Waals surface area contributed by atoms with Crippen molar-refractivity contribution in [2.45, 2.75) is 20.3 Å². The number of aliphatic hydroxyl groups excluding tert-OH is 1. The molecule has 94 valence electrons. The Hall–Kier alpha value is -1.42. The maximum absolute atomic E-state index is 13.1. The molecular weight excluding hydrogens is 221 g/mol. The Bertz CT molecular complexity index is 393. The standard InChI is InChI=1S/C13H18FNO2/c1-3-15(7-4-8-16)13(17)12-9-11(14)6-5-10(12)2/h5-6,9,16H,3-4,7-8H2,1-2H3. The zero-order valence-electron chi connectivity index (χ0n) is 10.2. The average molecular weight is 239 g/mol. The van der Waals surface area contributed by atoms with Gasteiger partial charge in [0.05, 0.1) is 0 Å². The molecular formula is C13H18FNO2. The van der Waals surface area contributed by atoms with E-state index in [0.717, 1.165) is 5.56 Å². The Balaban J connectivity index is 2.89. The van der Waals surface area contributed by atoms with E-state index in [0.29, 0.717) is 25.1 Å². The summed E-state index contributed by atoms with van der Waals surface area (Å²) in [6.45, 7) is 4.74. The summed E-state index contributed by atoms with van der Waals surface area (Å²) in [6, 6.07) is 4.21. The molecule has 0 saturated heterocycles. The lowest BCUT2D eigenvalue weighted by molar-refractivity contribution is 0.0753. The molecule has 0 aromatic heterocycles. The van der Waals surface area contributed by atoms with Crippen molar-refractivity contribution >= 4 is 5.91 Å². The Morgan fingerprint density at radius 3 is 2.76 bits per heavy atom. The van der Waals surface area contributed by atoms with E-state index in [2.05, 4.69) is 0 Å². The molecule has 1 amide bonds. The number of aliphatic hydroxyl groups is 1. The zero-order chi connectivity index (χ0) is 12.8. The van der Waals surface area contributed by atoms with Crippen LogP contribution in [0.5, 0.6) is 0 Å². The first-order valence-corrected chi connectivity index (χ1v) is 5.76. The van der Waals surface area contributed by atoms with Crippen molar-refractivity contribution in [2.75, 3.05) is 19.7 Å². The molecule has 1 N–H and O–H groups in total. The first kappa shape index (κ1) is 13.6. The molecule has 0 saturated carbocycles. The first-order chi connectivity index (χ1) is 8.10. The Morgan fingerprint density at radius 2 is 2.18 bits per heavy atom. The molecule has 0 atom stereocenters. The van der Waals surface area contributed by atoms with Crippen molar-refractivity contribution in [3.05, 3.63) is 35.1 Å². The van der Waals surface area contributed by atoms with Gasteiger partial charge in [-0.1, -0.05) is 6.07 Å². The van der Waals surface area contributed by atoms with Crippen LogP contribution in [0.25, 0.3) is 0 Å². The maximum Gasteiger partial charge on any atom is 0.254 e. The summed E-state index contributed by atoms with van der Waals surface area (Å²) in [5.41, 5.74) is 1.16. The monoisotopic (exact) mass is 239 g/mol. The van der Waals surface area contributed by atoms with Gasteiger partial charge < -0.3 is 10.0 Å². The number of nitrogens with zero attached hydrogens (tertiary/aromatic N) is 1. The van der Waals surface area contributed by atoms with Crippen LogP contribution in [0.3, 0.4) is 0 Å². The van der Waals surface area contributed by atoms with Crippen molar-refractivity contribution in [1.82, 2.24) is 4.90 Å². The third-order valence-corrected chi connectivity index (χ3v) is 2.69. The minimum absolute atomic E-state index is 0.0475. The number of carbonyl (C=O) groups excluding carboxylic acids is 1. The Labute approximate surface area is 101 Å². The highest BCUT2D eigenvalue weighted by atomic mass is 19.1. The highest BCUT2D eigenvalue weighted by Gasteiger charge is 2.16. The summed E-state index contributed by atoms with van der Waals surface area (Å²) < 4.78 is 13.1. The third kappa shape index (κ3) is 3.53. The van der Waals surface area contributed by atoms with Gasteiger partial charge in [-0.2, -0.15) is 0 Å². The molecule has 0 aliphatic carbocycles. The molecule has 4 heteroatoms. The molecule has 3 nitrogen and oxygen atoms in total. The van der Waals surface area contributed by atoms with Crippen LogP contribution in [-0.4, -0.2) is 35.6 Å². The largest absolute Gasteiger partial charge is 0.396 e. The van der Waals surface area contributed by atoms with E-state index in [4.69, 9.17) is 5.11 Å². The van der Waals surface area contributed by atoms with Gasteiger partial charge in [0.25, 0.3) is 5.91 Å². The molecule has 1 aromatic carbocycles. The van der Waals surface area contributed by atoms with Gasteiger partial charge in [0.2, 0.25) is 0 Å². The number of rotatable bonds is 5. The van der Waals surface area contributed by atoms with Crippen LogP contribution >= 0.6 is 0 Å². The van der Waals surface area contributed by atoms with E-state index >= 15 is 0 Å². The number of hydrogen-bond donors (Lipinski definition) is 1. The molecule has 17 heavy (non-hydrogen) atoms. The quantitative estimate of drug-likeness (QED) is 0.853. The van der Waals surface area contributed by atoms with Gasteiger partial charge in [-0.3, -0.25) is 4.79 Å². The Kier molecular flexibility index (Phi) is 5.10. The smallest absolute Gasteiger partial charge is 0.254 e. The fraction of sp³-hybridized carbons (Fsp3) is 0.462. The summed E-state index contributed by atoms with van der Waals surface area (Å²) in [6.07, 6.45) is 0.536. The molecule has 0 heterocycles. The van der Waals surface area contributed by atoms with E-state index in [-0.39, 0.29) is 12.5 Å². The SMILES string of the molecule is CCN(CCCO)C(=O)c1cc(F)ccc1C. The highest BCUT2D eigenvalue weighted by molar-refractivity contribution is 5.95. The fourth-order valence-electron chi connectivity index (χ4n) is 1.66. The van der Waals surface area contributed by atoms with Crippen LogP contribution in [0.1, 0.15) is 29.3 Å². The molecule has 1 rings (SSSR count). The van der Waals surface area contributed by atoms with Gasteiger partial charge in [-0.15, -0.1) is 0 Å². The molecule has 1 aromatic rings. The minimum Gasteiger partial charge on any atom is -0.396 e. The third-order valence-electron chi connectivity index (χ3n) is 2.69. The maximum atomic E-state index is 13.1. The van der Waals surface area contributed by atoms with Crippen LogP contribution in [0.4, 0.5) is 4.39 Å². The second kappa shape index (κ2) is 6.35. The lowest BCUT2D eigenvalue weighted by atomic mass is 10.1. The molecule has 0 radical (unpaired) electrons. The van der Waals surface area contributed by atoms with Crippen LogP contribution in [0.15, 0.2) is 18.2 Å². The van der Waals surface area contributed by atoms with Crippen LogP contribution in [0, 0.1) is 12.7 Å². The summed E-state index contributed by atoms with van der Waals surface area (Å²) in [7, 11) is 0.